The molecule has 5 heteroatoms. The highest BCUT2D eigenvalue weighted by molar-refractivity contribution is 7.21. The lowest BCUT2D eigenvalue weighted by atomic mass is 10.1. The van der Waals surface area contributed by atoms with E-state index in [4.69, 9.17) is 4.98 Å². The quantitative estimate of drug-likeness (QED) is 0.376. The van der Waals surface area contributed by atoms with Crippen LogP contribution >= 0.6 is 11.3 Å². The van der Waals surface area contributed by atoms with Gasteiger partial charge in [-0.1, -0.05) is 24.3 Å². The second-order valence-corrected chi connectivity index (χ2v) is 8.38. The number of nitrogens with one attached hydrogen (secondary N) is 1. The number of aromatic nitrogens is 2. The van der Waals surface area contributed by atoms with E-state index >= 15 is 0 Å². The number of aryl methyl sites for hydroxylation is 2. The summed E-state index contributed by atoms with van der Waals surface area (Å²) in [6.45, 7) is 3.97. The molecule has 5 aromatic rings. The molecule has 2 heterocycles. The monoisotopic (exact) mass is 409 g/mol. The van der Waals surface area contributed by atoms with Crippen molar-refractivity contribution in [2.45, 2.75) is 13.8 Å². The standard InChI is InChI=1S/C25H19N3OS/c1-15-7-12-23-22(13-15)28-25(30-23)17-8-10-18(11-9-17)27-24(29)20-14-16(2)26-21-6-4-3-5-19(20)21/h3-14H,1-2H3,(H,27,29). The van der Waals surface area contributed by atoms with E-state index < -0.39 is 0 Å². The Labute approximate surface area is 178 Å². The maximum absolute atomic E-state index is 12.9. The van der Waals surface area contributed by atoms with Crippen molar-refractivity contribution in [3.8, 4) is 10.6 Å². The molecule has 0 aliphatic rings. The van der Waals surface area contributed by atoms with E-state index in [1.165, 1.54) is 10.3 Å². The Morgan fingerprint density at radius 3 is 2.50 bits per heavy atom. The number of hydrogen-bond acceptors (Lipinski definition) is 4. The van der Waals surface area contributed by atoms with E-state index in [0.717, 1.165) is 38.4 Å². The van der Waals surface area contributed by atoms with Crippen LogP contribution in [0.4, 0.5) is 5.69 Å². The highest BCUT2D eigenvalue weighted by Gasteiger charge is 2.13. The number of amides is 1. The highest BCUT2D eigenvalue weighted by atomic mass is 32.1. The maximum Gasteiger partial charge on any atom is 0.256 e. The molecule has 5 rings (SSSR count). The summed E-state index contributed by atoms with van der Waals surface area (Å²) in [6.07, 6.45) is 0. The van der Waals surface area contributed by atoms with Gasteiger partial charge in [-0.2, -0.15) is 0 Å². The van der Waals surface area contributed by atoms with Crippen LogP contribution < -0.4 is 5.32 Å². The summed E-state index contributed by atoms with van der Waals surface area (Å²) in [4.78, 5) is 22.2. The molecule has 0 bridgehead atoms. The first kappa shape index (κ1) is 18.5. The topological polar surface area (TPSA) is 54.9 Å². The van der Waals surface area contributed by atoms with Gasteiger partial charge in [0.2, 0.25) is 0 Å². The fourth-order valence-corrected chi connectivity index (χ4v) is 4.50. The lowest BCUT2D eigenvalue weighted by Gasteiger charge is -2.09. The van der Waals surface area contributed by atoms with Crippen LogP contribution in [0, 0.1) is 13.8 Å². The van der Waals surface area contributed by atoms with Crippen LogP contribution in [0.3, 0.4) is 0 Å². The second kappa shape index (κ2) is 7.35. The Hall–Kier alpha value is -3.57. The van der Waals surface area contributed by atoms with Gasteiger partial charge in [-0.3, -0.25) is 9.78 Å². The number of carbonyl (C=O) groups is 1. The Morgan fingerprint density at radius 1 is 0.867 bits per heavy atom. The number of rotatable bonds is 3. The van der Waals surface area contributed by atoms with Crippen molar-refractivity contribution in [1.29, 1.82) is 0 Å². The molecule has 0 aliphatic carbocycles. The predicted octanol–water partition coefficient (Wildman–Crippen LogP) is 6.38. The summed E-state index contributed by atoms with van der Waals surface area (Å²) in [5.74, 6) is -0.139. The van der Waals surface area contributed by atoms with Gasteiger partial charge in [0.15, 0.2) is 0 Å². The molecule has 1 amide bonds. The van der Waals surface area contributed by atoms with Gasteiger partial charge in [-0.25, -0.2) is 4.98 Å². The minimum Gasteiger partial charge on any atom is -0.322 e. The number of nitrogens with zero attached hydrogens (tertiary/aromatic N) is 2. The molecule has 0 saturated carbocycles. The number of anilines is 1. The van der Waals surface area contributed by atoms with Crippen LogP contribution in [-0.4, -0.2) is 15.9 Å². The van der Waals surface area contributed by atoms with Crippen LogP contribution in [0.5, 0.6) is 0 Å². The Kier molecular flexibility index (Phi) is 4.52. The zero-order valence-corrected chi connectivity index (χ0v) is 17.5. The summed E-state index contributed by atoms with van der Waals surface area (Å²) in [5.41, 5.74) is 6.29. The molecule has 0 unspecified atom stereocenters. The van der Waals surface area contributed by atoms with Crippen molar-refractivity contribution in [3.05, 3.63) is 89.6 Å². The van der Waals surface area contributed by atoms with Gasteiger partial charge in [0, 0.05) is 22.3 Å². The van der Waals surface area contributed by atoms with Crippen LogP contribution in [0.25, 0.3) is 31.7 Å². The maximum atomic E-state index is 12.9. The van der Waals surface area contributed by atoms with E-state index in [2.05, 4.69) is 35.4 Å². The Balaban J connectivity index is 1.41. The van der Waals surface area contributed by atoms with Crippen molar-refractivity contribution in [2.24, 2.45) is 0 Å². The van der Waals surface area contributed by atoms with Crippen molar-refractivity contribution in [1.82, 2.24) is 9.97 Å². The fraction of sp³-hybridized carbons (Fsp3) is 0.0800. The smallest absolute Gasteiger partial charge is 0.256 e. The molecule has 0 radical (unpaired) electrons. The third-order valence-corrected chi connectivity index (χ3v) is 6.11. The second-order valence-electron chi connectivity index (χ2n) is 7.35. The number of para-hydroxylation sites is 1. The fourth-order valence-electron chi connectivity index (χ4n) is 3.55. The van der Waals surface area contributed by atoms with Crippen molar-refractivity contribution >= 4 is 44.1 Å². The number of thiazole rings is 1. The number of pyridine rings is 1. The SMILES string of the molecule is Cc1ccc2sc(-c3ccc(NC(=O)c4cc(C)nc5ccccc45)cc3)nc2c1. The van der Waals surface area contributed by atoms with Crippen LogP contribution in [0.2, 0.25) is 0 Å². The van der Waals surface area contributed by atoms with Gasteiger partial charge < -0.3 is 5.32 Å². The van der Waals surface area contributed by atoms with Crippen LogP contribution in [0.15, 0.2) is 72.8 Å². The molecule has 0 spiro atoms. The van der Waals surface area contributed by atoms with Gasteiger partial charge in [-0.05, 0) is 67.9 Å². The summed E-state index contributed by atoms with van der Waals surface area (Å²) < 4.78 is 1.17. The first-order chi connectivity index (χ1) is 14.6. The molecular formula is C25H19N3OS. The lowest BCUT2D eigenvalue weighted by Crippen LogP contribution is -2.13. The first-order valence-corrected chi connectivity index (χ1v) is 10.5. The summed E-state index contributed by atoms with van der Waals surface area (Å²) in [5, 5.41) is 4.83. The van der Waals surface area contributed by atoms with Crippen molar-refractivity contribution in [2.75, 3.05) is 5.32 Å². The average molecular weight is 410 g/mol. The van der Waals surface area contributed by atoms with Gasteiger partial charge in [0.1, 0.15) is 5.01 Å². The zero-order chi connectivity index (χ0) is 20.7. The molecule has 30 heavy (non-hydrogen) atoms. The van der Waals surface area contributed by atoms with Crippen molar-refractivity contribution < 1.29 is 4.79 Å². The third-order valence-electron chi connectivity index (χ3n) is 5.02. The van der Waals surface area contributed by atoms with Crippen LogP contribution in [0.1, 0.15) is 21.6 Å². The minimum atomic E-state index is -0.139. The molecular weight excluding hydrogens is 390 g/mol. The largest absolute Gasteiger partial charge is 0.322 e. The molecule has 1 N–H and O–H groups in total. The number of benzene rings is 3. The number of carbonyl (C=O) groups excluding carboxylic acids is 1. The molecule has 3 aromatic carbocycles. The Morgan fingerprint density at radius 2 is 1.67 bits per heavy atom. The summed E-state index contributed by atoms with van der Waals surface area (Å²) >= 11 is 1.67. The number of fused-ring (bicyclic) bond motifs is 2. The van der Waals surface area contributed by atoms with Gasteiger partial charge in [-0.15, -0.1) is 11.3 Å². The molecule has 0 atom stereocenters. The molecule has 2 aromatic heterocycles. The van der Waals surface area contributed by atoms with Crippen LogP contribution in [-0.2, 0) is 0 Å². The van der Waals surface area contributed by atoms with E-state index in [0.29, 0.717) is 5.56 Å². The average Bonchev–Trinajstić information content (AvgIpc) is 3.16. The molecule has 0 aliphatic heterocycles. The molecule has 0 saturated heterocycles. The zero-order valence-electron chi connectivity index (χ0n) is 16.6. The lowest BCUT2D eigenvalue weighted by molar-refractivity contribution is 0.102. The van der Waals surface area contributed by atoms with E-state index in [1.54, 1.807) is 11.3 Å². The Bertz CT molecular complexity index is 1400. The summed E-state index contributed by atoms with van der Waals surface area (Å²) in [6, 6.07) is 23.7. The van der Waals surface area contributed by atoms with Gasteiger partial charge in [0.25, 0.3) is 5.91 Å². The molecule has 4 nitrogen and oxygen atoms in total. The normalized spacial score (nSPS) is 11.1. The number of hydrogen-bond donors (Lipinski definition) is 1. The molecule has 0 fully saturated rings. The summed E-state index contributed by atoms with van der Waals surface area (Å²) in [7, 11) is 0. The minimum absolute atomic E-state index is 0.139. The van der Waals surface area contributed by atoms with E-state index in [1.807, 2.05) is 61.5 Å². The van der Waals surface area contributed by atoms with Crippen molar-refractivity contribution in [3.63, 3.8) is 0 Å². The third kappa shape index (κ3) is 3.44. The van der Waals surface area contributed by atoms with E-state index in [9.17, 15) is 4.79 Å². The first-order valence-electron chi connectivity index (χ1n) is 9.72. The predicted molar refractivity (Wildman–Crippen MR) is 124 cm³/mol. The van der Waals surface area contributed by atoms with Gasteiger partial charge >= 0.3 is 0 Å². The molecule has 146 valence electrons. The highest BCUT2D eigenvalue weighted by Crippen LogP contribution is 2.31. The van der Waals surface area contributed by atoms with E-state index in [-0.39, 0.29) is 5.91 Å². The van der Waals surface area contributed by atoms with Gasteiger partial charge in [0.05, 0.1) is 21.3 Å².